The number of aromatic nitrogens is 2. The third kappa shape index (κ3) is 6.29. The Morgan fingerprint density at radius 1 is 1.14 bits per heavy atom. The first-order chi connectivity index (χ1) is 20.5. The third-order valence-corrected chi connectivity index (χ3v) is 7.62. The maximum absolute atomic E-state index is 14.6. The summed E-state index contributed by atoms with van der Waals surface area (Å²) in [4.78, 5) is 54.1. The maximum atomic E-state index is 14.6. The van der Waals surface area contributed by atoms with Crippen molar-refractivity contribution in [2.75, 3.05) is 45.2 Å². The average molecular weight is 619 g/mol. The van der Waals surface area contributed by atoms with Crippen molar-refractivity contribution in [3.8, 4) is 17.0 Å². The number of hydrogen-bond donors (Lipinski definition) is 3. The summed E-state index contributed by atoms with van der Waals surface area (Å²) in [7, 11) is 2.73. The van der Waals surface area contributed by atoms with Crippen LogP contribution in [0.5, 0.6) is 5.75 Å². The van der Waals surface area contributed by atoms with E-state index in [0.29, 0.717) is 44.3 Å². The van der Waals surface area contributed by atoms with Gasteiger partial charge in [0.15, 0.2) is 17.4 Å². The van der Waals surface area contributed by atoms with Crippen LogP contribution >= 0.6 is 11.6 Å². The molecule has 43 heavy (non-hydrogen) atoms. The van der Waals surface area contributed by atoms with Gasteiger partial charge in [0.25, 0.3) is 18.3 Å². The van der Waals surface area contributed by atoms with Crippen LogP contribution in [0.4, 0.5) is 14.5 Å². The molecule has 2 saturated heterocycles. The van der Waals surface area contributed by atoms with E-state index >= 15 is 0 Å². The number of carbonyl (C=O) groups excluding carboxylic acids is 3. The van der Waals surface area contributed by atoms with Gasteiger partial charge in [-0.1, -0.05) is 11.6 Å². The van der Waals surface area contributed by atoms with Crippen LogP contribution in [0.25, 0.3) is 11.3 Å². The summed E-state index contributed by atoms with van der Waals surface area (Å²) in [6, 6.07) is 7.08. The number of imidazole rings is 1. The van der Waals surface area contributed by atoms with E-state index in [9.17, 15) is 23.2 Å². The molecule has 0 radical (unpaired) electrons. The number of ether oxygens (including phenoxy) is 1. The summed E-state index contributed by atoms with van der Waals surface area (Å²) >= 11 is 6.37. The van der Waals surface area contributed by atoms with Crippen molar-refractivity contribution in [2.45, 2.75) is 0 Å². The molecule has 15 heteroatoms. The molecule has 1 aromatic heterocycles. The van der Waals surface area contributed by atoms with Crippen molar-refractivity contribution in [1.82, 2.24) is 19.4 Å². The minimum atomic E-state index is -1.14. The first-order valence-electron chi connectivity index (χ1n) is 13.0. The second kappa shape index (κ2) is 13.2. The molecule has 12 nitrogen and oxygen atoms in total. The molecule has 0 bridgehead atoms. The summed E-state index contributed by atoms with van der Waals surface area (Å²) in [6.45, 7) is 2.26. The first kappa shape index (κ1) is 31.4. The molecule has 0 saturated carbocycles. The highest BCUT2D eigenvalue weighted by atomic mass is 35.5. The summed E-state index contributed by atoms with van der Waals surface area (Å²) in [5.41, 5.74) is 6.26. The predicted molar refractivity (Wildman–Crippen MR) is 152 cm³/mol. The average Bonchev–Trinajstić information content (AvgIpc) is 3.30. The van der Waals surface area contributed by atoms with E-state index in [1.54, 1.807) is 9.80 Å². The summed E-state index contributed by atoms with van der Waals surface area (Å²) in [5, 5.41) is 9.67. The van der Waals surface area contributed by atoms with Gasteiger partial charge in [0, 0.05) is 50.4 Å². The summed E-state index contributed by atoms with van der Waals surface area (Å²) < 4.78 is 34.9. The van der Waals surface area contributed by atoms with Gasteiger partial charge in [-0.15, -0.1) is 0 Å². The number of methoxy groups -OCH3 is 1. The van der Waals surface area contributed by atoms with Crippen molar-refractivity contribution < 1.29 is 37.8 Å². The minimum absolute atomic E-state index is 0.0372. The Hall–Kier alpha value is -4.56. The van der Waals surface area contributed by atoms with Crippen LogP contribution in [0.2, 0.25) is 5.02 Å². The molecule has 3 amide bonds. The highest BCUT2D eigenvalue weighted by Crippen LogP contribution is 2.31. The van der Waals surface area contributed by atoms with E-state index in [4.69, 9.17) is 32.0 Å². The Bertz CT molecular complexity index is 1550. The topological polar surface area (TPSA) is 160 Å². The zero-order valence-corrected chi connectivity index (χ0v) is 24.0. The van der Waals surface area contributed by atoms with Gasteiger partial charge < -0.3 is 35.3 Å². The number of anilines is 1. The Labute approximate surface area is 250 Å². The molecule has 2 aliphatic rings. The van der Waals surface area contributed by atoms with Gasteiger partial charge in [-0.25, -0.2) is 9.37 Å². The third-order valence-electron chi connectivity index (χ3n) is 7.31. The number of hydrogen-bond acceptors (Lipinski definition) is 7. The lowest BCUT2D eigenvalue weighted by Gasteiger charge is -2.45. The molecular weight excluding hydrogens is 590 g/mol. The molecule has 0 unspecified atom stereocenters. The highest BCUT2D eigenvalue weighted by molar-refractivity contribution is 6.34. The number of benzene rings is 2. The Balaban J connectivity index is 0.00000135. The van der Waals surface area contributed by atoms with E-state index in [2.05, 4.69) is 10.3 Å². The molecule has 3 aromatic rings. The lowest BCUT2D eigenvalue weighted by Crippen LogP contribution is -2.61. The minimum Gasteiger partial charge on any atom is -0.494 e. The van der Waals surface area contributed by atoms with Crippen molar-refractivity contribution in [3.63, 3.8) is 0 Å². The van der Waals surface area contributed by atoms with Crippen LogP contribution in [0.3, 0.4) is 0 Å². The fraction of sp³-hybridized carbons (Fsp3) is 0.321. The zero-order valence-electron chi connectivity index (χ0n) is 23.2. The van der Waals surface area contributed by atoms with Crippen molar-refractivity contribution in [1.29, 1.82) is 0 Å². The Morgan fingerprint density at radius 3 is 2.42 bits per heavy atom. The number of amides is 3. The number of rotatable bonds is 7. The van der Waals surface area contributed by atoms with Crippen molar-refractivity contribution in [3.05, 3.63) is 64.6 Å². The maximum Gasteiger partial charge on any atom is 0.291 e. The van der Waals surface area contributed by atoms with E-state index < -0.39 is 17.5 Å². The van der Waals surface area contributed by atoms with Gasteiger partial charge in [-0.3, -0.25) is 19.2 Å². The number of nitrogens with zero attached hydrogens (tertiary/aromatic N) is 4. The number of carboxylic acid groups (broad SMARTS) is 1. The first-order valence-corrected chi connectivity index (χ1v) is 13.4. The number of carbonyl (C=O) groups is 4. The summed E-state index contributed by atoms with van der Waals surface area (Å²) in [6.07, 6.45) is 1.26. The van der Waals surface area contributed by atoms with Gasteiger partial charge in [0.1, 0.15) is 0 Å². The fourth-order valence-corrected chi connectivity index (χ4v) is 5.10. The van der Waals surface area contributed by atoms with Gasteiger partial charge >= 0.3 is 0 Å². The number of likely N-dealkylation sites (tertiary alicyclic amines) is 2. The second-order valence-corrected chi connectivity index (χ2v) is 10.4. The highest BCUT2D eigenvalue weighted by Gasteiger charge is 2.41. The Kier molecular flexibility index (Phi) is 9.61. The molecule has 4 N–H and O–H groups in total. The number of halogens is 3. The molecule has 2 fully saturated rings. The predicted octanol–water partition coefficient (Wildman–Crippen LogP) is 2.47. The molecule has 228 valence electrons. The zero-order chi connectivity index (χ0) is 31.4. The lowest BCUT2D eigenvalue weighted by atomic mass is 9.92. The quantitative estimate of drug-likeness (QED) is 0.341. The van der Waals surface area contributed by atoms with Crippen molar-refractivity contribution in [2.24, 2.45) is 24.6 Å². The van der Waals surface area contributed by atoms with Crippen LogP contribution in [0.1, 0.15) is 21.0 Å². The van der Waals surface area contributed by atoms with E-state index in [0.717, 1.165) is 0 Å². The molecule has 0 aliphatic carbocycles. The van der Waals surface area contributed by atoms with Crippen molar-refractivity contribution >= 4 is 41.5 Å². The van der Waals surface area contributed by atoms with Crippen LogP contribution in [0, 0.1) is 23.5 Å². The van der Waals surface area contributed by atoms with E-state index in [-0.39, 0.29) is 57.6 Å². The molecule has 3 heterocycles. The SMILES string of the molecule is COc1ccc(-c2cnc(C(=O)Nc3ccc(C(=O)N4CC(C(=O)N5CC(CN)C5)C4)c(Cl)c3)n2C)c(F)c1F.O=CO. The number of nitrogens with two attached hydrogens (primary N) is 1. The molecule has 0 atom stereocenters. The van der Waals surface area contributed by atoms with Gasteiger partial charge in [0.2, 0.25) is 11.7 Å². The Morgan fingerprint density at radius 2 is 1.81 bits per heavy atom. The van der Waals surface area contributed by atoms with Crippen LogP contribution in [-0.2, 0) is 16.6 Å². The largest absolute Gasteiger partial charge is 0.494 e. The normalized spacial score (nSPS) is 14.7. The number of nitrogens with one attached hydrogen (secondary N) is 1. The standard InChI is InChI=1S/C27H27ClF2N6O4.CH2O2/c1-34-20(18-5-6-21(40-2)23(30)22(18)29)9-32-24(34)25(37)33-16-3-4-17(19(28)7-16)27(39)36-12-15(13-36)26(38)35-10-14(8-31)11-35;2-1-3/h3-7,9,14-15H,8,10-13,31H2,1-2H3,(H,33,37);1H,(H,2,3). The van der Waals surface area contributed by atoms with Gasteiger partial charge in [-0.2, -0.15) is 4.39 Å². The molecule has 2 aromatic carbocycles. The van der Waals surface area contributed by atoms with Crippen LogP contribution in [0.15, 0.2) is 36.5 Å². The smallest absolute Gasteiger partial charge is 0.291 e. The fourth-order valence-electron chi connectivity index (χ4n) is 4.84. The van der Waals surface area contributed by atoms with Crippen LogP contribution in [-0.4, -0.2) is 88.5 Å². The lowest BCUT2D eigenvalue weighted by molar-refractivity contribution is -0.146. The van der Waals surface area contributed by atoms with E-state index in [1.807, 2.05) is 0 Å². The molecule has 0 spiro atoms. The van der Waals surface area contributed by atoms with Gasteiger partial charge in [-0.05, 0) is 36.9 Å². The summed E-state index contributed by atoms with van der Waals surface area (Å²) in [5.74, 6) is -3.34. The monoisotopic (exact) mass is 618 g/mol. The molecular formula is C28H29ClF2N6O6. The van der Waals surface area contributed by atoms with E-state index in [1.165, 1.54) is 55.3 Å². The molecule has 5 rings (SSSR count). The van der Waals surface area contributed by atoms with Gasteiger partial charge in [0.05, 0.1) is 35.5 Å². The molecule has 2 aliphatic heterocycles. The van der Waals surface area contributed by atoms with Crippen LogP contribution < -0.4 is 15.8 Å². The second-order valence-electron chi connectivity index (χ2n) is 9.98.